The van der Waals surface area contributed by atoms with Gasteiger partial charge in [0.25, 0.3) is 5.91 Å². The number of carbonyl (C=O) groups excluding carboxylic acids is 1. The number of hydrogen-bond donors (Lipinski definition) is 2. The van der Waals surface area contributed by atoms with Gasteiger partial charge in [0.2, 0.25) is 0 Å². The van der Waals surface area contributed by atoms with Crippen LogP contribution in [-0.2, 0) is 0 Å². The Bertz CT molecular complexity index is 626. The number of nitrogens with one attached hydrogen (secondary N) is 1. The largest absolute Gasteiger partial charge is 0.508 e. The number of carbonyl (C=O) groups is 1. The quantitative estimate of drug-likeness (QED) is 0.893. The number of benzene rings is 2. The van der Waals surface area contributed by atoms with Crippen molar-refractivity contribution in [3.8, 4) is 5.75 Å². The van der Waals surface area contributed by atoms with Gasteiger partial charge in [-0.15, -0.1) is 0 Å². The molecule has 104 valence electrons. The Morgan fingerprint density at radius 2 is 1.80 bits per heavy atom. The normalized spacial score (nSPS) is 11.9. The van der Waals surface area contributed by atoms with Crippen LogP contribution in [0.5, 0.6) is 5.75 Å². The first-order valence-corrected chi connectivity index (χ1v) is 6.78. The molecule has 5 heteroatoms. The Morgan fingerprint density at radius 1 is 1.15 bits per heavy atom. The van der Waals surface area contributed by atoms with Gasteiger partial charge in [0.1, 0.15) is 5.75 Å². The smallest absolute Gasteiger partial charge is 0.253 e. The molecule has 0 saturated carbocycles. The first kappa shape index (κ1) is 14.7. The molecule has 1 amide bonds. The molecule has 0 spiro atoms. The maximum atomic E-state index is 12.1. The van der Waals surface area contributed by atoms with E-state index in [1.807, 2.05) is 19.1 Å². The first-order chi connectivity index (χ1) is 9.47. The molecule has 3 nitrogen and oxygen atoms in total. The lowest BCUT2D eigenvalue weighted by molar-refractivity contribution is 0.0939. The standard InChI is InChI=1S/C15H13Cl2NO2/c1-9(10-2-4-11(16)5-3-10)18-15(20)13-8-12(19)6-7-14(13)17/h2-9,19H,1H3,(H,18,20). The van der Waals surface area contributed by atoms with Crippen LogP contribution >= 0.6 is 23.2 Å². The fourth-order valence-corrected chi connectivity index (χ4v) is 2.13. The molecule has 2 aromatic carbocycles. The van der Waals surface area contributed by atoms with Crippen molar-refractivity contribution >= 4 is 29.1 Å². The third-order valence-electron chi connectivity index (χ3n) is 2.91. The average Bonchev–Trinajstić information content (AvgIpc) is 2.42. The van der Waals surface area contributed by atoms with Gasteiger partial charge in [-0.1, -0.05) is 35.3 Å². The summed E-state index contributed by atoms with van der Waals surface area (Å²) in [5.41, 5.74) is 1.17. The van der Waals surface area contributed by atoms with Gasteiger partial charge in [-0.2, -0.15) is 0 Å². The van der Waals surface area contributed by atoms with E-state index in [-0.39, 0.29) is 23.3 Å². The molecule has 0 fully saturated rings. The van der Waals surface area contributed by atoms with Crippen LogP contribution in [0.15, 0.2) is 42.5 Å². The van der Waals surface area contributed by atoms with Gasteiger partial charge < -0.3 is 10.4 Å². The summed E-state index contributed by atoms with van der Waals surface area (Å²) < 4.78 is 0. The van der Waals surface area contributed by atoms with Crippen molar-refractivity contribution in [3.63, 3.8) is 0 Å². The van der Waals surface area contributed by atoms with E-state index < -0.39 is 0 Å². The Morgan fingerprint density at radius 3 is 2.45 bits per heavy atom. The Hall–Kier alpha value is -1.71. The van der Waals surface area contributed by atoms with Crippen molar-refractivity contribution in [1.29, 1.82) is 0 Å². The first-order valence-electron chi connectivity index (χ1n) is 6.02. The molecule has 0 aromatic heterocycles. The van der Waals surface area contributed by atoms with Crippen LogP contribution in [-0.4, -0.2) is 11.0 Å². The Balaban J connectivity index is 2.15. The SMILES string of the molecule is CC(NC(=O)c1cc(O)ccc1Cl)c1ccc(Cl)cc1. The van der Waals surface area contributed by atoms with E-state index in [9.17, 15) is 9.90 Å². The lowest BCUT2D eigenvalue weighted by atomic mass is 10.1. The van der Waals surface area contributed by atoms with E-state index in [1.54, 1.807) is 12.1 Å². The zero-order chi connectivity index (χ0) is 14.7. The summed E-state index contributed by atoms with van der Waals surface area (Å²) in [5.74, 6) is -0.341. The zero-order valence-electron chi connectivity index (χ0n) is 10.7. The molecule has 1 atom stereocenters. The minimum absolute atomic E-state index is 0.00121. The van der Waals surface area contributed by atoms with Crippen molar-refractivity contribution in [2.24, 2.45) is 0 Å². The molecule has 0 saturated heterocycles. The highest BCUT2D eigenvalue weighted by molar-refractivity contribution is 6.33. The van der Waals surface area contributed by atoms with Crippen LogP contribution in [0.4, 0.5) is 0 Å². The molecular formula is C15H13Cl2NO2. The molecule has 0 heterocycles. The van der Waals surface area contributed by atoms with Gasteiger partial charge in [-0.25, -0.2) is 0 Å². The monoisotopic (exact) mass is 309 g/mol. The van der Waals surface area contributed by atoms with Crippen molar-refractivity contribution in [2.75, 3.05) is 0 Å². The summed E-state index contributed by atoms with van der Waals surface area (Å²) in [5, 5.41) is 13.2. The van der Waals surface area contributed by atoms with Crippen molar-refractivity contribution in [3.05, 3.63) is 63.6 Å². The second-order valence-electron chi connectivity index (χ2n) is 4.41. The van der Waals surface area contributed by atoms with Crippen LogP contribution in [0.1, 0.15) is 28.9 Å². The molecule has 0 aliphatic carbocycles. The second-order valence-corrected chi connectivity index (χ2v) is 5.25. The lowest BCUT2D eigenvalue weighted by Gasteiger charge is -2.15. The van der Waals surface area contributed by atoms with Crippen LogP contribution in [0.2, 0.25) is 10.0 Å². The lowest BCUT2D eigenvalue weighted by Crippen LogP contribution is -2.26. The third kappa shape index (κ3) is 3.44. The maximum absolute atomic E-state index is 12.1. The second kappa shape index (κ2) is 6.16. The van der Waals surface area contributed by atoms with Crippen LogP contribution in [0, 0.1) is 0 Å². The number of halogens is 2. The summed E-state index contributed by atoms with van der Waals surface area (Å²) in [4.78, 5) is 12.1. The zero-order valence-corrected chi connectivity index (χ0v) is 12.2. The predicted molar refractivity (Wildman–Crippen MR) is 80.5 cm³/mol. The number of phenolic OH excluding ortho intramolecular Hbond substituents is 1. The Labute approximate surface area is 127 Å². The molecule has 0 aliphatic heterocycles. The van der Waals surface area contributed by atoms with Crippen molar-refractivity contribution < 1.29 is 9.90 Å². The number of amides is 1. The summed E-state index contributed by atoms with van der Waals surface area (Å²) in [6, 6.07) is 11.3. The van der Waals surface area contributed by atoms with Gasteiger partial charge in [-0.3, -0.25) is 4.79 Å². The number of hydrogen-bond acceptors (Lipinski definition) is 2. The highest BCUT2D eigenvalue weighted by Gasteiger charge is 2.14. The molecule has 1 unspecified atom stereocenters. The molecule has 2 rings (SSSR count). The Kier molecular flexibility index (Phi) is 4.53. The fraction of sp³-hybridized carbons (Fsp3) is 0.133. The molecular weight excluding hydrogens is 297 g/mol. The number of rotatable bonds is 3. The maximum Gasteiger partial charge on any atom is 0.253 e. The third-order valence-corrected chi connectivity index (χ3v) is 3.49. The van der Waals surface area contributed by atoms with E-state index in [1.165, 1.54) is 18.2 Å². The van der Waals surface area contributed by atoms with Crippen LogP contribution < -0.4 is 5.32 Å². The topological polar surface area (TPSA) is 49.3 Å². The van der Waals surface area contributed by atoms with Crippen molar-refractivity contribution in [1.82, 2.24) is 5.32 Å². The number of phenols is 1. The van der Waals surface area contributed by atoms with Gasteiger partial charge in [0.15, 0.2) is 0 Å². The van der Waals surface area contributed by atoms with Crippen LogP contribution in [0.25, 0.3) is 0 Å². The van der Waals surface area contributed by atoms with E-state index in [0.29, 0.717) is 10.0 Å². The van der Waals surface area contributed by atoms with Crippen LogP contribution in [0.3, 0.4) is 0 Å². The molecule has 2 N–H and O–H groups in total. The molecule has 0 aliphatic rings. The molecule has 20 heavy (non-hydrogen) atoms. The highest BCUT2D eigenvalue weighted by atomic mass is 35.5. The van der Waals surface area contributed by atoms with E-state index >= 15 is 0 Å². The van der Waals surface area contributed by atoms with Gasteiger partial charge in [-0.05, 0) is 42.8 Å². The fourth-order valence-electron chi connectivity index (χ4n) is 1.80. The van der Waals surface area contributed by atoms with E-state index in [4.69, 9.17) is 23.2 Å². The minimum atomic E-state index is -0.339. The summed E-state index contributed by atoms with van der Waals surface area (Å²) in [7, 11) is 0. The molecule has 2 aromatic rings. The van der Waals surface area contributed by atoms with Gasteiger partial charge in [0, 0.05) is 5.02 Å². The van der Waals surface area contributed by atoms with Gasteiger partial charge in [0.05, 0.1) is 16.6 Å². The number of aromatic hydroxyl groups is 1. The summed E-state index contributed by atoms with van der Waals surface area (Å²) in [6.07, 6.45) is 0. The predicted octanol–water partition coefficient (Wildman–Crippen LogP) is 4.19. The van der Waals surface area contributed by atoms with Gasteiger partial charge >= 0.3 is 0 Å². The van der Waals surface area contributed by atoms with E-state index in [0.717, 1.165) is 5.56 Å². The molecule has 0 bridgehead atoms. The van der Waals surface area contributed by atoms with Crippen molar-refractivity contribution in [2.45, 2.75) is 13.0 Å². The molecule has 0 radical (unpaired) electrons. The summed E-state index contributed by atoms with van der Waals surface area (Å²) in [6.45, 7) is 1.86. The average molecular weight is 310 g/mol. The minimum Gasteiger partial charge on any atom is -0.508 e. The van der Waals surface area contributed by atoms with E-state index in [2.05, 4.69) is 5.32 Å². The highest BCUT2D eigenvalue weighted by Crippen LogP contribution is 2.22. The summed E-state index contributed by atoms with van der Waals surface area (Å²) >= 11 is 11.8.